The number of nitrogens with one attached hydrogen (secondary N) is 1. The van der Waals surface area contributed by atoms with E-state index in [9.17, 15) is 9.59 Å². The van der Waals surface area contributed by atoms with E-state index in [-0.39, 0.29) is 5.91 Å². The lowest BCUT2D eigenvalue weighted by atomic mass is 10.1. The molecule has 154 valence electrons. The first kappa shape index (κ1) is 20.7. The fourth-order valence-electron chi connectivity index (χ4n) is 3.46. The predicted molar refractivity (Wildman–Crippen MR) is 113 cm³/mol. The molecule has 3 N–H and O–H groups in total. The molecule has 7 heteroatoms. The van der Waals surface area contributed by atoms with Crippen LogP contribution in [0.3, 0.4) is 0 Å². The number of primary amides is 1. The molecule has 3 rings (SSSR count). The topological polar surface area (TPSA) is 93.9 Å². The van der Waals surface area contributed by atoms with E-state index in [4.69, 9.17) is 15.2 Å². The van der Waals surface area contributed by atoms with Crippen LogP contribution in [0, 0.1) is 0 Å². The second-order valence-electron chi connectivity index (χ2n) is 6.91. The van der Waals surface area contributed by atoms with Crippen LogP contribution >= 0.6 is 0 Å². The van der Waals surface area contributed by atoms with Gasteiger partial charge < -0.3 is 25.4 Å². The Bertz CT molecular complexity index is 892. The smallest absolute Gasteiger partial charge is 0.255 e. The fraction of sp³-hybridized carbons (Fsp3) is 0.364. The van der Waals surface area contributed by atoms with E-state index in [1.807, 2.05) is 13.0 Å². The highest BCUT2D eigenvalue weighted by Gasteiger charge is 2.19. The largest absolute Gasteiger partial charge is 0.496 e. The van der Waals surface area contributed by atoms with Crippen LogP contribution < -0.4 is 20.7 Å². The summed E-state index contributed by atoms with van der Waals surface area (Å²) in [6.07, 6.45) is 2.20. The Hall–Kier alpha value is -3.06. The minimum Gasteiger partial charge on any atom is -0.496 e. The van der Waals surface area contributed by atoms with Crippen LogP contribution in [0.5, 0.6) is 5.75 Å². The first-order valence-corrected chi connectivity index (χ1v) is 9.78. The zero-order chi connectivity index (χ0) is 20.8. The maximum absolute atomic E-state index is 13.0. The number of ether oxygens (including phenoxy) is 2. The minimum atomic E-state index is -0.531. The van der Waals surface area contributed by atoms with Gasteiger partial charge in [-0.15, -0.1) is 0 Å². The van der Waals surface area contributed by atoms with Crippen LogP contribution in [0.4, 0.5) is 11.4 Å². The van der Waals surface area contributed by atoms with Crippen molar-refractivity contribution in [2.75, 3.05) is 37.0 Å². The van der Waals surface area contributed by atoms with E-state index in [0.717, 1.165) is 37.2 Å². The molecule has 0 saturated carbocycles. The Labute approximate surface area is 170 Å². The van der Waals surface area contributed by atoms with Crippen LogP contribution in [0.15, 0.2) is 36.4 Å². The molecule has 1 aliphatic heterocycles. The van der Waals surface area contributed by atoms with Crippen LogP contribution in [-0.2, 0) is 11.3 Å². The van der Waals surface area contributed by atoms with Gasteiger partial charge in [-0.2, -0.15) is 0 Å². The molecule has 0 radical (unpaired) electrons. The summed E-state index contributed by atoms with van der Waals surface area (Å²) in [6, 6.07) is 10.4. The fourth-order valence-corrected chi connectivity index (χ4v) is 3.46. The summed E-state index contributed by atoms with van der Waals surface area (Å²) in [4.78, 5) is 26.8. The molecule has 1 saturated heterocycles. The highest BCUT2D eigenvalue weighted by Crippen LogP contribution is 2.31. The number of amides is 2. The Morgan fingerprint density at radius 1 is 1.10 bits per heavy atom. The second kappa shape index (κ2) is 9.43. The van der Waals surface area contributed by atoms with Gasteiger partial charge in [0.05, 0.1) is 25.1 Å². The maximum Gasteiger partial charge on any atom is 0.255 e. The molecule has 0 spiro atoms. The van der Waals surface area contributed by atoms with Crippen molar-refractivity contribution < 1.29 is 19.1 Å². The third kappa shape index (κ3) is 4.86. The summed E-state index contributed by atoms with van der Waals surface area (Å²) in [6.45, 7) is 4.67. The maximum atomic E-state index is 13.0. The molecule has 2 aromatic rings. The number of nitrogens with zero attached hydrogens (tertiary/aromatic N) is 1. The summed E-state index contributed by atoms with van der Waals surface area (Å²) in [5, 5.41) is 2.95. The highest BCUT2D eigenvalue weighted by molar-refractivity contribution is 6.07. The van der Waals surface area contributed by atoms with Gasteiger partial charge in [-0.1, -0.05) is 0 Å². The van der Waals surface area contributed by atoms with Gasteiger partial charge in [0.1, 0.15) is 5.75 Å². The van der Waals surface area contributed by atoms with Crippen LogP contribution in [0.1, 0.15) is 46.0 Å². The lowest BCUT2D eigenvalue weighted by Crippen LogP contribution is -2.22. The third-order valence-corrected chi connectivity index (χ3v) is 4.98. The summed E-state index contributed by atoms with van der Waals surface area (Å²) in [5.74, 6) is -0.132. The summed E-state index contributed by atoms with van der Waals surface area (Å²) in [7, 11) is 1.59. The van der Waals surface area contributed by atoms with Gasteiger partial charge in [0.25, 0.3) is 5.91 Å². The molecule has 0 atom stereocenters. The monoisotopic (exact) mass is 397 g/mol. The minimum absolute atomic E-state index is 0.271. The molecule has 7 nitrogen and oxygen atoms in total. The molecule has 0 aromatic heterocycles. The molecule has 1 heterocycles. The number of hydrogen-bond donors (Lipinski definition) is 2. The average Bonchev–Trinajstić information content (AvgIpc) is 3.26. The molecule has 0 unspecified atom stereocenters. The van der Waals surface area contributed by atoms with E-state index < -0.39 is 5.91 Å². The molecule has 29 heavy (non-hydrogen) atoms. The van der Waals surface area contributed by atoms with Crippen molar-refractivity contribution in [1.29, 1.82) is 0 Å². The van der Waals surface area contributed by atoms with Gasteiger partial charge in [-0.05, 0) is 56.2 Å². The zero-order valence-corrected chi connectivity index (χ0v) is 16.9. The SMILES string of the molecule is CCOCc1cc(C(=O)Nc2cc(C(N)=O)ccc2N2CCCC2)ccc1OC. The predicted octanol–water partition coefficient (Wildman–Crippen LogP) is 3.18. The Kier molecular flexibility index (Phi) is 6.72. The van der Waals surface area contributed by atoms with Crippen LogP contribution in [0.2, 0.25) is 0 Å². The van der Waals surface area contributed by atoms with Crippen LogP contribution in [-0.4, -0.2) is 38.6 Å². The summed E-state index contributed by atoms with van der Waals surface area (Å²) < 4.78 is 10.8. The van der Waals surface area contributed by atoms with E-state index in [0.29, 0.717) is 35.8 Å². The highest BCUT2D eigenvalue weighted by atomic mass is 16.5. The average molecular weight is 397 g/mol. The van der Waals surface area contributed by atoms with Gasteiger partial charge in [-0.3, -0.25) is 9.59 Å². The molecular formula is C22H27N3O4. The summed E-state index contributed by atoms with van der Waals surface area (Å²) >= 11 is 0. The molecular weight excluding hydrogens is 370 g/mol. The summed E-state index contributed by atoms with van der Waals surface area (Å²) in [5.41, 5.74) is 8.54. The number of methoxy groups -OCH3 is 1. The lowest BCUT2D eigenvalue weighted by molar-refractivity contribution is 0.0996. The second-order valence-corrected chi connectivity index (χ2v) is 6.91. The third-order valence-electron chi connectivity index (χ3n) is 4.98. The molecule has 2 aromatic carbocycles. The lowest BCUT2D eigenvalue weighted by Gasteiger charge is -2.22. The van der Waals surface area contributed by atoms with Crippen molar-refractivity contribution in [2.24, 2.45) is 5.73 Å². The Balaban J connectivity index is 1.89. The molecule has 2 amide bonds. The Morgan fingerprint density at radius 2 is 1.83 bits per heavy atom. The van der Waals surface area contributed by atoms with Crippen molar-refractivity contribution in [1.82, 2.24) is 0 Å². The number of benzene rings is 2. The standard InChI is InChI=1S/C22H27N3O4/c1-3-29-14-17-12-16(7-9-20(17)28-2)22(27)24-18-13-15(21(23)26)6-8-19(18)25-10-4-5-11-25/h6-9,12-13H,3-5,10-11,14H2,1-2H3,(H2,23,26)(H,24,27). The Morgan fingerprint density at radius 3 is 2.48 bits per heavy atom. The van der Waals surface area contributed by atoms with E-state index in [1.54, 1.807) is 37.4 Å². The number of rotatable bonds is 8. The van der Waals surface area contributed by atoms with E-state index in [1.165, 1.54) is 0 Å². The number of nitrogens with two attached hydrogens (primary N) is 1. The van der Waals surface area contributed by atoms with Gasteiger partial charge >= 0.3 is 0 Å². The quantitative estimate of drug-likeness (QED) is 0.713. The van der Waals surface area contributed by atoms with Gasteiger partial charge in [0.2, 0.25) is 5.91 Å². The molecule has 1 aliphatic rings. The van der Waals surface area contributed by atoms with E-state index in [2.05, 4.69) is 10.2 Å². The number of anilines is 2. The number of hydrogen-bond acceptors (Lipinski definition) is 5. The first-order chi connectivity index (χ1) is 14.0. The van der Waals surface area contributed by atoms with Crippen molar-refractivity contribution in [3.63, 3.8) is 0 Å². The van der Waals surface area contributed by atoms with Crippen molar-refractivity contribution in [3.8, 4) is 5.75 Å². The van der Waals surface area contributed by atoms with Gasteiger partial charge in [0.15, 0.2) is 0 Å². The normalized spacial score (nSPS) is 13.4. The van der Waals surface area contributed by atoms with Crippen molar-refractivity contribution >= 4 is 23.2 Å². The zero-order valence-electron chi connectivity index (χ0n) is 16.9. The van der Waals surface area contributed by atoms with Gasteiger partial charge in [0, 0.05) is 36.4 Å². The van der Waals surface area contributed by atoms with Crippen molar-refractivity contribution in [2.45, 2.75) is 26.4 Å². The molecule has 1 fully saturated rings. The van der Waals surface area contributed by atoms with Crippen molar-refractivity contribution in [3.05, 3.63) is 53.1 Å². The van der Waals surface area contributed by atoms with Gasteiger partial charge in [-0.25, -0.2) is 0 Å². The number of carbonyl (C=O) groups excluding carboxylic acids is 2. The molecule has 0 bridgehead atoms. The molecule has 0 aliphatic carbocycles. The number of carbonyl (C=O) groups is 2. The van der Waals surface area contributed by atoms with E-state index >= 15 is 0 Å². The first-order valence-electron chi connectivity index (χ1n) is 9.78. The van der Waals surface area contributed by atoms with Crippen LogP contribution in [0.25, 0.3) is 0 Å².